The Morgan fingerprint density at radius 1 is 1.24 bits per heavy atom. The SMILES string of the molecule is CC(C)CC(=O)N1CCC(C(=O)NC2(C(F)(F)F)C(=O)Nc3nc4cc(Cl)c(Cl)cc4n32)CC1. The number of anilines is 1. The number of nitrogens with zero attached hydrogens (tertiary/aromatic N) is 3. The number of likely N-dealkylation sites (tertiary alicyclic amines) is 1. The minimum Gasteiger partial charge on any atom is -0.343 e. The van der Waals surface area contributed by atoms with Crippen LogP contribution >= 0.6 is 23.2 Å². The molecule has 0 radical (unpaired) electrons. The van der Waals surface area contributed by atoms with Crippen LogP contribution in [0.5, 0.6) is 0 Å². The van der Waals surface area contributed by atoms with E-state index < -0.39 is 29.6 Å². The zero-order valence-corrected chi connectivity index (χ0v) is 19.8. The number of aromatic nitrogens is 2. The first-order valence-electron chi connectivity index (χ1n) is 10.7. The van der Waals surface area contributed by atoms with Gasteiger partial charge in [-0.15, -0.1) is 0 Å². The Bertz CT molecular complexity index is 1170. The number of halogens is 5. The minimum absolute atomic E-state index is 0.0305. The highest BCUT2D eigenvalue weighted by Crippen LogP contribution is 2.45. The highest BCUT2D eigenvalue weighted by atomic mass is 35.5. The molecule has 2 aliphatic rings. The summed E-state index contributed by atoms with van der Waals surface area (Å²) >= 11 is 12.0. The van der Waals surface area contributed by atoms with Crippen LogP contribution in [0.4, 0.5) is 19.1 Å². The Balaban J connectivity index is 1.64. The molecule has 184 valence electrons. The lowest BCUT2D eigenvalue weighted by Crippen LogP contribution is -2.64. The maximum atomic E-state index is 14.5. The molecule has 8 nitrogen and oxygen atoms in total. The number of alkyl halides is 3. The highest BCUT2D eigenvalue weighted by Gasteiger charge is 2.68. The molecule has 13 heteroatoms. The first-order valence-corrected chi connectivity index (χ1v) is 11.5. The maximum Gasteiger partial charge on any atom is 0.440 e. The second-order valence-corrected chi connectivity index (χ2v) is 9.74. The summed E-state index contributed by atoms with van der Waals surface area (Å²) in [6.45, 7) is 4.33. The fourth-order valence-electron chi connectivity index (χ4n) is 4.38. The molecule has 1 atom stereocenters. The summed E-state index contributed by atoms with van der Waals surface area (Å²) in [7, 11) is 0. The van der Waals surface area contributed by atoms with Crippen LogP contribution in [0.3, 0.4) is 0 Å². The van der Waals surface area contributed by atoms with Crippen LogP contribution in [0.1, 0.15) is 33.1 Å². The number of carbonyl (C=O) groups excluding carboxylic acids is 3. The van der Waals surface area contributed by atoms with Crippen molar-refractivity contribution in [2.24, 2.45) is 11.8 Å². The van der Waals surface area contributed by atoms with E-state index in [0.29, 0.717) is 11.0 Å². The van der Waals surface area contributed by atoms with Crippen molar-refractivity contribution in [3.8, 4) is 0 Å². The number of benzene rings is 1. The summed E-state index contributed by atoms with van der Waals surface area (Å²) < 4.78 is 44.1. The fraction of sp³-hybridized carbons (Fsp3) is 0.524. The van der Waals surface area contributed by atoms with Gasteiger partial charge in [0, 0.05) is 25.4 Å². The molecule has 2 aliphatic heterocycles. The van der Waals surface area contributed by atoms with Crippen molar-refractivity contribution in [3.63, 3.8) is 0 Å². The van der Waals surface area contributed by atoms with Crippen LogP contribution in [0.15, 0.2) is 12.1 Å². The number of amides is 3. The molecule has 3 heterocycles. The Morgan fingerprint density at radius 3 is 2.44 bits per heavy atom. The lowest BCUT2D eigenvalue weighted by Gasteiger charge is -2.36. The van der Waals surface area contributed by atoms with E-state index in [4.69, 9.17) is 23.2 Å². The second kappa shape index (κ2) is 8.60. The molecule has 4 rings (SSSR count). The van der Waals surface area contributed by atoms with Gasteiger partial charge in [-0.2, -0.15) is 13.2 Å². The van der Waals surface area contributed by atoms with Gasteiger partial charge in [-0.1, -0.05) is 37.0 Å². The van der Waals surface area contributed by atoms with Gasteiger partial charge in [0.2, 0.25) is 17.8 Å². The van der Waals surface area contributed by atoms with Crippen LogP contribution in [-0.2, 0) is 20.0 Å². The Hall–Kier alpha value is -2.53. The van der Waals surface area contributed by atoms with Crippen molar-refractivity contribution in [1.29, 1.82) is 0 Å². The van der Waals surface area contributed by atoms with E-state index in [1.807, 2.05) is 19.2 Å². The van der Waals surface area contributed by atoms with E-state index in [0.717, 1.165) is 0 Å². The molecule has 2 aromatic rings. The number of rotatable bonds is 4. The summed E-state index contributed by atoms with van der Waals surface area (Å²) in [5.74, 6) is -3.48. The van der Waals surface area contributed by atoms with E-state index in [-0.39, 0.29) is 64.8 Å². The van der Waals surface area contributed by atoms with Crippen molar-refractivity contribution in [1.82, 2.24) is 19.8 Å². The van der Waals surface area contributed by atoms with Crippen molar-refractivity contribution < 1.29 is 27.6 Å². The van der Waals surface area contributed by atoms with Crippen LogP contribution in [-0.4, -0.2) is 51.4 Å². The quantitative estimate of drug-likeness (QED) is 0.639. The van der Waals surface area contributed by atoms with Gasteiger partial charge in [-0.05, 0) is 30.9 Å². The van der Waals surface area contributed by atoms with Gasteiger partial charge < -0.3 is 10.2 Å². The third kappa shape index (κ3) is 3.98. The molecular formula is C21H22Cl2F3N5O3. The number of piperidine rings is 1. The van der Waals surface area contributed by atoms with Crippen LogP contribution in [0, 0.1) is 11.8 Å². The zero-order valence-electron chi connectivity index (χ0n) is 18.3. The fourth-order valence-corrected chi connectivity index (χ4v) is 4.69. The number of carbonyl (C=O) groups is 3. The molecule has 3 amide bonds. The van der Waals surface area contributed by atoms with Crippen LogP contribution < -0.4 is 10.6 Å². The van der Waals surface area contributed by atoms with E-state index in [1.54, 1.807) is 4.90 Å². The van der Waals surface area contributed by atoms with E-state index >= 15 is 0 Å². The molecule has 34 heavy (non-hydrogen) atoms. The summed E-state index contributed by atoms with van der Waals surface area (Å²) in [6, 6.07) is 2.45. The number of hydrogen-bond donors (Lipinski definition) is 2. The number of nitrogens with one attached hydrogen (secondary N) is 2. The monoisotopic (exact) mass is 519 g/mol. The number of hydrogen-bond acceptors (Lipinski definition) is 4. The summed E-state index contributed by atoms with van der Waals surface area (Å²) in [6.07, 6.45) is -4.47. The molecule has 1 unspecified atom stereocenters. The smallest absolute Gasteiger partial charge is 0.343 e. The Labute approximate surface area is 202 Å². The minimum atomic E-state index is -5.20. The summed E-state index contributed by atoms with van der Waals surface area (Å²) in [5.41, 5.74) is -3.45. The number of imidazole rings is 1. The second-order valence-electron chi connectivity index (χ2n) is 8.93. The van der Waals surface area contributed by atoms with Crippen molar-refractivity contribution >= 4 is 57.9 Å². The third-order valence-corrected chi connectivity index (χ3v) is 6.82. The molecule has 0 saturated carbocycles. The molecule has 0 spiro atoms. The van der Waals surface area contributed by atoms with Gasteiger partial charge in [0.15, 0.2) is 0 Å². The zero-order chi connectivity index (χ0) is 25.0. The van der Waals surface area contributed by atoms with Crippen LogP contribution in [0.2, 0.25) is 10.0 Å². The van der Waals surface area contributed by atoms with Crippen molar-refractivity contribution in [2.75, 3.05) is 18.4 Å². The Kier molecular flexibility index (Phi) is 6.22. The van der Waals surface area contributed by atoms with E-state index in [1.165, 1.54) is 12.1 Å². The lowest BCUT2D eigenvalue weighted by atomic mass is 9.94. The third-order valence-electron chi connectivity index (χ3n) is 6.10. The molecular weight excluding hydrogens is 498 g/mol. The topological polar surface area (TPSA) is 96.3 Å². The maximum absolute atomic E-state index is 14.5. The van der Waals surface area contributed by atoms with Crippen molar-refractivity contribution in [2.45, 2.75) is 44.9 Å². The first kappa shape index (κ1) is 24.6. The van der Waals surface area contributed by atoms with Gasteiger partial charge in [-0.25, -0.2) is 4.98 Å². The first-order chi connectivity index (χ1) is 15.8. The van der Waals surface area contributed by atoms with Gasteiger partial charge in [0.05, 0.1) is 21.1 Å². The average molecular weight is 520 g/mol. The predicted molar refractivity (Wildman–Crippen MR) is 119 cm³/mol. The molecule has 1 aromatic heterocycles. The molecule has 2 N–H and O–H groups in total. The van der Waals surface area contributed by atoms with E-state index in [9.17, 15) is 27.6 Å². The molecule has 1 aromatic carbocycles. The Morgan fingerprint density at radius 2 is 1.85 bits per heavy atom. The normalized spacial score (nSPS) is 21.2. The van der Waals surface area contributed by atoms with Gasteiger partial charge in [-0.3, -0.25) is 24.3 Å². The number of fused-ring (bicyclic) bond motifs is 3. The summed E-state index contributed by atoms with van der Waals surface area (Å²) in [5, 5.41) is 4.13. The van der Waals surface area contributed by atoms with Crippen LogP contribution in [0.25, 0.3) is 11.0 Å². The van der Waals surface area contributed by atoms with Gasteiger partial charge in [0.1, 0.15) is 0 Å². The van der Waals surface area contributed by atoms with Gasteiger partial charge >= 0.3 is 6.18 Å². The largest absolute Gasteiger partial charge is 0.440 e. The molecule has 0 aliphatic carbocycles. The van der Waals surface area contributed by atoms with Gasteiger partial charge in [0.25, 0.3) is 11.6 Å². The molecule has 1 saturated heterocycles. The van der Waals surface area contributed by atoms with Crippen molar-refractivity contribution in [3.05, 3.63) is 22.2 Å². The summed E-state index contributed by atoms with van der Waals surface area (Å²) in [4.78, 5) is 43.6. The predicted octanol–water partition coefficient (Wildman–Crippen LogP) is 3.91. The highest BCUT2D eigenvalue weighted by molar-refractivity contribution is 6.42. The molecule has 1 fully saturated rings. The average Bonchev–Trinajstić information content (AvgIpc) is 3.21. The molecule has 0 bridgehead atoms. The lowest BCUT2D eigenvalue weighted by molar-refractivity contribution is -0.218. The standard InChI is InChI=1S/C21H22Cl2F3N5O3/c1-10(2)7-16(32)30-5-3-11(4-6-30)17(33)29-20(21(24,25)26)18(34)28-19-27-14-8-12(22)13(23)9-15(14)31(19)20/h8-11H,3-7H2,1-2H3,(H,29,33)(H,27,28,34). The van der Waals surface area contributed by atoms with E-state index in [2.05, 4.69) is 10.3 Å².